The van der Waals surface area contributed by atoms with E-state index in [4.69, 9.17) is 12.2 Å². The number of anilines is 1. The van der Waals surface area contributed by atoms with E-state index in [9.17, 15) is 0 Å². The van der Waals surface area contributed by atoms with E-state index in [-0.39, 0.29) is 12.1 Å². The highest BCUT2D eigenvalue weighted by Crippen LogP contribution is 2.43. The molecular formula is C28H28N4S. The summed E-state index contributed by atoms with van der Waals surface area (Å²) in [6.45, 7) is 8.61. The van der Waals surface area contributed by atoms with E-state index in [1.54, 1.807) is 0 Å². The molecular weight excluding hydrogens is 424 g/mol. The summed E-state index contributed by atoms with van der Waals surface area (Å²) in [5.41, 5.74) is 9.40. The van der Waals surface area contributed by atoms with Gasteiger partial charge < -0.3 is 14.8 Å². The van der Waals surface area contributed by atoms with Gasteiger partial charge in [0.1, 0.15) is 0 Å². The summed E-state index contributed by atoms with van der Waals surface area (Å²) in [6, 6.07) is 25.5. The van der Waals surface area contributed by atoms with Gasteiger partial charge in [-0.1, -0.05) is 35.9 Å². The minimum absolute atomic E-state index is 0.0140. The predicted octanol–water partition coefficient (Wildman–Crippen LogP) is 6.28. The zero-order valence-electron chi connectivity index (χ0n) is 19.4. The number of nitrogens with zero attached hydrogens (tertiary/aromatic N) is 3. The van der Waals surface area contributed by atoms with E-state index in [1.807, 2.05) is 18.3 Å². The Morgan fingerprint density at radius 3 is 2.30 bits per heavy atom. The van der Waals surface area contributed by atoms with Crippen molar-refractivity contribution in [2.24, 2.45) is 0 Å². The predicted molar refractivity (Wildman–Crippen MR) is 139 cm³/mol. The molecule has 2 aromatic carbocycles. The zero-order valence-corrected chi connectivity index (χ0v) is 20.2. The van der Waals surface area contributed by atoms with Crippen molar-refractivity contribution in [3.63, 3.8) is 0 Å². The molecule has 0 saturated carbocycles. The van der Waals surface area contributed by atoms with Crippen molar-refractivity contribution in [2.45, 2.75) is 39.8 Å². The first kappa shape index (κ1) is 21.4. The highest BCUT2D eigenvalue weighted by atomic mass is 32.1. The molecule has 1 saturated heterocycles. The number of hydrogen-bond acceptors (Lipinski definition) is 2. The summed E-state index contributed by atoms with van der Waals surface area (Å²) in [5.74, 6) is 0. The Bertz CT molecular complexity index is 1310. The molecule has 33 heavy (non-hydrogen) atoms. The number of rotatable bonds is 4. The van der Waals surface area contributed by atoms with Gasteiger partial charge in [0.05, 0.1) is 17.8 Å². The van der Waals surface area contributed by atoms with Gasteiger partial charge in [0.25, 0.3) is 0 Å². The summed E-state index contributed by atoms with van der Waals surface area (Å²) in [4.78, 5) is 6.93. The number of nitrogens with one attached hydrogen (secondary N) is 1. The molecule has 0 amide bonds. The van der Waals surface area contributed by atoms with E-state index in [1.165, 1.54) is 33.8 Å². The van der Waals surface area contributed by atoms with E-state index in [2.05, 4.69) is 108 Å². The molecule has 0 spiro atoms. The second kappa shape index (κ2) is 8.49. The number of pyridine rings is 1. The van der Waals surface area contributed by atoms with Crippen molar-refractivity contribution in [1.82, 2.24) is 14.9 Å². The Morgan fingerprint density at radius 1 is 0.818 bits per heavy atom. The Balaban J connectivity index is 1.68. The molecule has 2 aromatic heterocycles. The molecule has 0 radical (unpaired) electrons. The third-order valence-electron chi connectivity index (χ3n) is 6.46. The highest BCUT2D eigenvalue weighted by molar-refractivity contribution is 7.80. The third-order valence-corrected chi connectivity index (χ3v) is 6.77. The van der Waals surface area contributed by atoms with Gasteiger partial charge in [-0.2, -0.15) is 0 Å². The van der Waals surface area contributed by atoms with Gasteiger partial charge in [-0.25, -0.2) is 0 Å². The first-order chi connectivity index (χ1) is 15.9. The lowest BCUT2D eigenvalue weighted by Crippen LogP contribution is -2.29. The topological polar surface area (TPSA) is 33.1 Å². The smallest absolute Gasteiger partial charge is 0.174 e. The Labute approximate surface area is 200 Å². The van der Waals surface area contributed by atoms with Crippen molar-refractivity contribution in [2.75, 3.05) is 4.90 Å². The van der Waals surface area contributed by atoms with Crippen LogP contribution in [0.3, 0.4) is 0 Å². The lowest BCUT2D eigenvalue weighted by Gasteiger charge is -2.28. The molecule has 4 aromatic rings. The van der Waals surface area contributed by atoms with Gasteiger partial charge in [0.15, 0.2) is 5.11 Å². The summed E-state index contributed by atoms with van der Waals surface area (Å²) < 4.78 is 2.34. The summed E-state index contributed by atoms with van der Waals surface area (Å²) >= 11 is 5.88. The van der Waals surface area contributed by atoms with Crippen molar-refractivity contribution in [1.29, 1.82) is 0 Å². The third kappa shape index (κ3) is 3.83. The number of hydrogen-bond donors (Lipinski definition) is 1. The Hall–Kier alpha value is -3.44. The van der Waals surface area contributed by atoms with Gasteiger partial charge in [0, 0.05) is 29.0 Å². The van der Waals surface area contributed by atoms with E-state index in [0.29, 0.717) is 0 Å². The van der Waals surface area contributed by atoms with Crippen molar-refractivity contribution in [3.8, 4) is 5.69 Å². The quantitative estimate of drug-likeness (QED) is 0.369. The minimum atomic E-state index is -0.0496. The molecule has 5 rings (SSSR count). The van der Waals surface area contributed by atoms with Crippen LogP contribution in [0.15, 0.2) is 79.0 Å². The molecule has 1 aliphatic rings. The number of thiocarbonyl (C=S) groups is 1. The lowest BCUT2D eigenvalue weighted by atomic mass is 9.96. The van der Waals surface area contributed by atoms with E-state index >= 15 is 0 Å². The van der Waals surface area contributed by atoms with E-state index < -0.39 is 0 Å². The number of benzene rings is 2. The van der Waals surface area contributed by atoms with E-state index in [0.717, 1.165) is 16.5 Å². The second-order valence-corrected chi connectivity index (χ2v) is 9.22. The molecule has 5 heteroatoms. The number of aromatic nitrogens is 2. The fourth-order valence-corrected chi connectivity index (χ4v) is 5.25. The van der Waals surface area contributed by atoms with Crippen LogP contribution >= 0.6 is 12.2 Å². The fraction of sp³-hybridized carbons (Fsp3) is 0.214. The maximum Gasteiger partial charge on any atom is 0.174 e. The maximum absolute atomic E-state index is 5.88. The van der Waals surface area contributed by atoms with Crippen LogP contribution < -0.4 is 10.2 Å². The average Bonchev–Trinajstić information content (AvgIpc) is 3.30. The summed E-state index contributed by atoms with van der Waals surface area (Å²) in [7, 11) is 0. The van der Waals surface area contributed by atoms with Gasteiger partial charge in [-0.05, 0) is 93.5 Å². The van der Waals surface area contributed by atoms with Crippen LogP contribution in [0.1, 0.15) is 45.9 Å². The molecule has 4 nitrogen and oxygen atoms in total. The molecule has 0 unspecified atom stereocenters. The standard InChI is InChI=1S/C28H28N4S/c1-18-11-13-22(14-12-18)32-27(26(30-28(32)33)25-10-5-6-15-29-25)24-17-20(3)31(21(24)4)23-9-7-8-19(2)16-23/h5-17,26-27H,1-4H3,(H,30,33)/t26-,27-/m0/s1. The van der Waals surface area contributed by atoms with Gasteiger partial charge in [-0.15, -0.1) is 0 Å². The van der Waals surface area contributed by atoms with Crippen molar-refractivity contribution < 1.29 is 0 Å². The molecule has 166 valence electrons. The first-order valence-electron chi connectivity index (χ1n) is 11.3. The Kier molecular flexibility index (Phi) is 5.51. The van der Waals surface area contributed by atoms with Crippen LogP contribution in [0.4, 0.5) is 5.69 Å². The summed E-state index contributed by atoms with van der Waals surface area (Å²) in [5, 5.41) is 4.29. The molecule has 1 N–H and O–H groups in total. The molecule has 3 heterocycles. The Morgan fingerprint density at radius 2 is 1.61 bits per heavy atom. The first-order valence-corrected chi connectivity index (χ1v) is 11.7. The van der Waals surface area contributed by atoms with Crippen LogP contribution in [0.25, 0.3) is 5.69 Å². The van der Waals surface area contributed by atoms with Gasteiger partial charge in [-0.3, -0.25) is 4.98 Å². The highest BCUT2D eigenvalue weighted by Gasteiger charge is 2.42. The molecule has 0 aliphatic carbocycles. The van der Waals surface area contributed by atoms with Crippen LogP contribution in [-0.2, 0) is 0 Å². The largest absolute Gasteiger partial charge is 0.351 e. The van der Waals surface area contributed by atoms with Crippen LogP contribution in [0.5, 0.6) is 0 Å². The minimum Gasteiger partial charge on any atom is -0.351 e. The normalized spacial score (nSPS) is 17.9. The SMILES string of the molecule is Cc1ccc(N2C(=S)N[C@@H](c3ccccn3)[C@@H]2c2cc(C)n(-c3cccc(C)c3)c2C)cc1. The zero-order chi connectivity index (χ0) is 23.1. The van der Waals surface area contributed by atoms with Gasteiger partial charge >= 0.3 is 0 Å². The second-order valence-electron chi connectivity index (χ2n) is 8.83. The van der Waals surface area contributed by atoms with Crippen LogP contribution in [0, 0.1) is 27.7 Å². The summed E-state index contributed by atoms with van der Waals surface area (Å²) in [6.07, 6.45) is 1.85. The van der Waals surface area contributed by atoms with Crippen LogP contribution in [-0.4, -0.2) is 14.7 Å². The average molecular weight is 453 g/mol. The maximum atomic E-state index is 5.88. The van der Waals surface area contributed by atoms with Crippen molar-refractivity contribution >= 4 is 23.0 Å². The number of aryl methyl sites for hydroxylation is 3. The lowest BCUT2D eigenvalue weighted by molar-refractivity contribution is 0.565. The molecule has 1 fully saturated rings. The van der Waals surface area contributed by atoms with Crippen molar-refractivity contribution in [3.05, 3.63) is 113 Å². The molecule has 1 aliphatic heterocycles. The van der Waals surface area contributed by atoms with Gasteiger partial charge in [0.2, 0.25) is 0 Å². The fourth-order valence-electron chi connectivity index (χ4n) is 4.91. The molecule has 2 atom stereocenters. The molecule has 0 bridgehead atoms. The van der Waals surface area contributed by atoms with Crippen LogP contribution in [0.2, 0.25) is 0 Å². The monoisotopic (exact) mass is 452 g/mol.